The molecule has 136 valence electrons. The molecular weight excluding hydrogens is 344 g/mol. The number of hydrogen-bond acceptors (Lipinski definition) is 5. The highest BCUT2D eigenvalue weighted by atomic mass is 16.6. The average molecular weight is 362 g/mol. The van der Waals surface area contributed by atoms with Crippen LogP contribution in [0.5, 0.6) is 5.75 Å². The van der Waals surface area contributed by atoms with E-state index in [0.29, 0.717) is 17.9 Å². The van der Waals surface area contributed by atoms with Gasteiger partial charge in [-0.2, -0.15) is 0 Å². The largest absolute Gasteiger partial charge is 0.481 e. The summed E-state index contributed by atoms with van der Waals surface area (Å²) in [5.41, 5.74) is 3.12. The lowest BCUT2D eigenvalue weighted by atomic mass is 10.00. The number of aromatic nitrogens is 3. The molecule has 3 aromatic rings. The standard InChI is InChI=1S/C20H18N4O3/c1-14-3-5-15(6-4-14)18-12-23(22-21-18)13-20(2)10-9-16-11-17(24(25)26)7-8-19(16)27-20/h3-12H,13H2,1-2H3. The lowest BCUT2D eigenvalue weighted by Gasteiger charge is -2.31. The van der Waals surface area contributed by atoms with Crippen molar-refractivity contribution in [1.82, 2.24) is 15.0 Å². The molecule has 1 aliphatic rings. The Kier molecular flexibility index (Phi) is 3.99. The number of non-ortho nitro benzene ring substituents is 1. The van der Waals surface area contributed by atoms with E-state index in [-0.39, 0.29) is 5.69 Å². The van der Waals surface area contributed by atoms with Crippen molar-refractivity contribution in [3.8, 4) is 17.0 Å². The lowest BCUT2D eigenvalue weighted by molar-refractivity contribution is -0.384. The van der Waals surface area contributed by atoms with Gasteiger partial charge >= 0.3 is 0 Å². The monoisotopic (exact) mass is 362 g/mol. The fourth-order valence-corrected chi connectivity index (χ4v) is 3.06. The van der Waals surface area contributed by atoms with Crippen LogP contribution in [0.2, 0.25) is 0 Å². The van der Waals surface area contributed by atoms with Crippen LogP contribution in [0.15, 0.2) is 54.7 Å². The zero-order chi connectivity index (χ0) is 19.0. The molecule has 7 heteroatoms. The molecule has 1 unspecified atom stereocenters. The van der Waals surface area contributed by atoms with Crippen molar-refractivity contribution in [3.63, 3.8) is 0 Å². The number of rotatable bonds is 4. The van der Waals surface area contributed by atoms with E-state index >= 15 is 0 Å². The highest BCUT2D eigenvalue weighted by Crippen LogP contribution is 2.34. The van der Waals surface area contributed by atoms with Gasteiger partial charge in [0.1, 0.15) is 17.0 Å². The van der Waals surface area contributed by atoms with Gasteiger partial charge in [0.2, 0.25) is 0 Å². The zero-order valence-corrected chi connectivity index (χ0v) is 15.0. The van der Waals surface area contributed by atoms with Gasteiger partial charge in [-0.1, -0.05) is 41.1 Å². The molecule has 1 aromatic heterocycles. The smallest absolute Gasteiger partial charge is 0.270 e. The number of ether oxygens (including phenoxy) is 1. The Balaban J connectivity index is 1.54. The summed E-state index contributed by atoms with van der Waals surface area (Å²) in [6.07, 6.45) is 5.63. The minimum Gasteiger partial charge on any atom is -0.481 e. The molecule has 2 heterocycles. The van der Waals surface area contributed by atoms with Gasteiger partial charge < -0.3 is 4.74 Å². The second-order valence-corrected chi connectivity index (χ2v) is 6.89. The van der Waals surface area contributed by atoms with Crippen LogP contribution in [0.1, 0.15) is 18.1 Å². The van der Waals surface area contributed by atoms with Gasteiger partial charge in [-0.25, -0.2) is 4.68 Å². The second kappa shape index (κ2) is 6.35. The molecule has 0 aliphatic carbocycles. The average Bonchev–Trinajstić information content (AvgIpc) is 3.09. The van der Waals surface area contributed by atoms with Gasteiger partial charge in [0.25, 0.3) is 5.69 Å². The van der Waals surface area contributed by atoms with Crippen LogP contribution in [-0.4, -0.2) is 25.5 Å². The predicted octanol–water partition coefficient (Wildman–Crippen LogP) is 4.03. The summed E-state index contributed by atoms with van der Waals surface area (Å²) in [6.45, 7) is 4.46. The van der Waals surface area contributed by atoms with Crippen molar-refractivity contribution in [2.45, 2.75) is 26.0 Å². The van der Waals surface area contributed by atoms with E-state index in [0.717, 1.165) is 11.3 Å². The highest BCUT2D eigenvalue weighted by molar-refractivity contribution is 5.64. The van der Waals surface area contributed by atoms with Crippen molar-refractivity contribution < 1.29 is 9.66 Å². The Morgan fingerprint density at radius 1 is 1.22 bits per heavy atom. The number of hydrogen-bond donors (Lipinski definition) is 0. The lowest BCUT2D eigenvalue weighted by Crippen LogP contribution is -2.37. The van der Waals surface area contributed by atoms with Crippen LogP contribution in [0.4, 0.5) is 5.69 Å². The van der Waals surface area contributed by atoms with Crippen molar-refractivity contribution in [2.24, 2.45) is 0 Å². The quantitative estimate of drug-likeness (QED) is 0.517. The van der Waals surface area contributed by atoms with Crippen LogP contribution in [0.3, 0.4) is 0 Å². The number of nitro groups is 1. The molecule has 0 amide bonds. The normalized spacial score (nSPS) is 18.0. The molecule has 0 fully saturated rings. The van der Waals surface area contributed by atoms with Crippen LogP contribution in [-0.2, 0) is 6.54 Å². The summed E-state index contributed by atoms with van der Waals surface area (Å²) in [5, 5.41) is 19.4. The molecule has 4 rings (SSSR count). The second-order valence-electron chi connectivity index (χ2n) is 6.89. The predicted molar refractivity (Wildman–Crippen MR) is 101 cm³/mol. The van der Waals surface area contributed by atoms with E-state index in [4.69, 9.17) is 4.74 Å². The summed E-state index contributed by atoms with van der Waals surface area (Å²) in [7, 11) is 0. The fraction of sp³-hybridized carbons (Fsp3) is 0.200. The summed E-state index contributed by atoms with van der Waals surface area (Å²) < 4.78 is 7.84. The maximum atomic E-state index is 10.9. The molecule has 0 bridgehead atoms. The van der Waals surface area contributed by atoms with Crippen LogP contribution < -0.4 is 4.74 Å². The van der Waals surface area contributed by atoms with E-state index in [2.05, 4.69) is 10.3 Å². The summed E-state index contributed by atoms with van der Waals surface area (Å²) in [5.74, 6) is 0.615. The SMILES string of the molecule is Cc1ccc(-c2cn(CC3(C)C=Cc4cc([N+](=O)[O-])ccc4O3)nn2)cc1. The molecule has 7 nitrogen and oxygen atoms in total. The van der Waals surface area contributed by atoms with Gasteiger partial charge in [-0.05, 0) is 26.0 Å². The summed E-state index contributed by atoms with van der Waals surface area (Å²) >= 11 is 0. The van der Waals surface area contributed by atoms with Gasteiger partial charge in [-0.15, -0.1) is 5.10 Å². The first kappa shape index (κ1) is 17.0. The Labute approximate surface area is 156 Å². The number of fused-ring (bicyclic) bond motifs is 1. The van der Waals surface area contributed by atoms with E-state index in [1.165, 1.54) is 17.7 Å². The van der Waals surface area contributed by atoms with Crippen LogP contribution in [0.25, 0.3) is 17.3 Å². The molecule has 1 atom stereocenters. The van der Waals surface area contributed by atoms with Gasteiger partial charge in [0.05, 0.1) is 17.7 Å². The Hall–Kier alpha value is -3.48. The summed E-state index contributed by atoms with van der Waals surface area (Å²) in [6, 6.07) is 12.7. The van der Waals surface area contributed by atoms with Crippen LogP contribution >= 0.6 is 0 Å². The van der Waals surface area contributed by atoms with Gasteiger partial charge in [0, 0.05) is 23.3 Å². The van der Waals surface area contributed by atoms with Crippen molar-refractivity contribution in [3.05, 3.63) is 76.0 Å². The first-order chi connectivity index (χ1) is 12.9. The Morgan fingerprint density at radius 3 is 2.74 bits per heavy atom. The molecule has 0 saturated heterocycles. The van der Waals surface area contributed by atoms with E-state index in [1.54, 1.807) is 10.7 Å². The minimum atomic E-state index is -0.624. The van der Waals surface area contributed by atoms with Gasteiger partial charge in [0.15, 0.2) is 0 Å². The zero-order valence-electron chi connectivity index (χ0n) is 15.0. The topological polar surface area (TPSA) is 83.1 Å². The van der Waals surface area contributed by atoms with Gasteiger partial charge in [-0.3, -0.25) is 10.1 Å². The minimum absolute atomic E-state index is 0.0459. The Bertz CT molecular complexity index is 1040. The molecule has 1 aliphatic heterocycles. The number of benzene rings is 2. The third kappa shape index (κ3) is 3.44. The fourth-order valence-electron chi connectivity index (χ4n) is 3.06. The number of nitrogens with zero attached hydrogens (tertiary/aromatic N) is 4. The number of aryl methyl sites for hydroxylation is 1. The van der Waals surface area contributed by atoms with Crippen LogP contribution in [0, 0.1) is 17.0 Å². The molecule has 0 N–H and O–H groups in total. The Morgan fingerprint density at radius 2 is 2.00 bits per heavy atom. The third-order valence-corrected chi connectivity index (χ3v) is 4.52. The van der Waals surface area contributed by atoms with Crippen molar-refractivity contribution >= 4 is 11.8 Å². The van der Waals surface area contributed by atoms with E-state index in [1.807, 2.05) is 56.5 Å². The van der Waals surface area contributed by atoms with E-state index in [9.17, 15) is 10.1 Å². The maximum Gasteiger partial charge on any atom is 0.270 e. The highest BCUT2D eigenvalue weighted by Gasteiger charge is 2.29. The summed E-state index contributed by atoms with van der Waals surface area (Å²) in [4.78, 5) is 10.5. The third-order valence-electron chi connectivity index (χ3n) is 4.52. The molecular formula is C20H18N4O3. The maximum absolute atomic E-state index is 10.9. The molecule has 27 heavy (non-hydrogen) atoms. The molecule has 0 saturated carbocycles. The first-order valence-corrected chi connectivity index (χ1v) is 8.56. The molecule has 2 aromatic carbocycles. The first-order valence-electron chi connectivity index (χ1n) is 8.56. The molecule has 0 radical (unpaired) electrons. The molecule has 0 spiro atoms. The van der Waals surface area contributed by atoms with Crippen molar-refractivity contribution in [2.75, 3.05) is 0 Å². The number of nitro benzene ring substituents is 1. The van der Waals surface area contributed by atoms with E-state index < -0.39 is 10.5 Å². The van der Waals surface area contributed by atoms with Crippen molar-refractivity contribution in [1.29, 1.82) is 0 Å².